The Morgan fingerprint density at radius 1 is 1.39 bits per heavy atom. The number of alkyl halides is 2. The normalized spacial score (nSPS) is 18.4. The van der Waals surface area contributed by atoms with E-state index >= 15 is 0 Å². The van der Waals surface area contributed by atoms with E-state index < -0.39 is 30.0 Å². The van der Waals surface area contributed by atoms with Crippen LogP contribution in [0.3, 0.4) is 0 Å². The second-order valence-corrected chi connectivity index (χ2v) is 9.81. The van der Waals surface area contributed by atoms with Crippen molar-refractivity contribution < 1.29 is 23.0 Å². The van der Waals surface area contributed by atoms with E-state index in [4.69, 9.17) is 9.47 Å². The van der Waals surface area contributed by atoms with Crippen LogP contribution in [0.25, 0.3) is 10.6 Å². The number of piperidine rings is 1. The summed E-state index contributed by atoms with van der Waals surface area (Å²) in [6.07, 6.45) is 0.663. The van der Waals surface area contributed by atoms with Crippen molar-refractivity contribution in [2.24, 2.45) is 5.92 Å². The number of carbonyl (C=O) groups is 1. The second-order valence-electron chi connectivity index (χ2n) is 8.58. The number of rotatable bonds is 4. The number of ether oxygens (including phenoxy) is 2. The van der Waals surface area contributed by atoms with Crippen LogP contribution in [0.2, 0.25) is 0 Å². The highest BCUT2D eigenvalue weighted by atomic mass is 32.1. The quantitative estimate of drug-likeness (QED) is 0.636. The van der Waals surface area contributed by atoms with Crippen LogP contribution in [0.15, 0.2) is 24.4 Å². The molecule has 0 spiro atoms. The fourth-order valence-electron chi connectivity index (χ4n) is 3.20. The third-order valence-corrected chi connectivity index (χ3v) is 5.72. The Hall–Kier alpha value is -2.73. The van der Waals surface area contributed by atoms with E-state index in [1.165, 1.54) is 22.3 Å². The molecule has 0 saturated carbocycles. The van der Waals surface area contributed by atoms with E-state index in [2.05, 4.69) is 11.1 Å². The van der Waals surface area contributed by atoms with Crippen molar-refractivity contribution in [1.82, 2.24) is 9.88 Å². The number of nitrogens with zero attached hydrogens (tertiary/aromatic N) is 3. The predicted octanol–water partition coefficient (Wildman–Crippen LogP) is 5.26. The zero-order chi connectivity index (χ0) is 22.8. The van der Waals surface area contributed by atoms with Gasteiger partial charge in [0, 0.05) is 36.1 Å². The molecular weight excluding hydrogens is 424 g/mol. The molecule has 166 valence electrons. The molecule has 1 unspecified atom stereocenters. The zero-order valence-corrected chi connectivity index (χ0v) is 18.8. The SMILES string of the molecule is Cc1cnc(-c2cc(C#N)cc(OCC3CN(C(=O)OC(C)(C)C)CCC3(F)F)c2)s1. The lowest BCUT2D eigenvalue weighted by molar-refractivity contribution is -0.115. The summed E-state index contributed by atoms with van der Waals surface area (Å²) in [5.41, 5.74) is 0.342. The number of carbonyl (C=O) groups excluding carboxylic acids is 1. The summed E-state index contributed by atoms with van der Waals surface area (Å²) in [6.45, 7) is 6.58. The first kappa shape index (κ1) is 22.9. The number of hydrogen-bond acceptors (Lipinski definition) is 6. The third kappa shape index (κ3) is 5.91. The smallest absolute Gasteiger partial charge is 0.410 e. The van der Waals surface area contributed by atoms with Crippen molar-refractivity contribution in [2.45, 2.75) is 45.6 Å². The van der Waals surface area contributed by atoms with Crippen LogP contribution in [0.1, 0.15) is 37.6 Å². The maximum Gasteiger partial charge on any atom is 0.410 e. The van der Waals surface area contributed by atoms with Crippen LogP contribution in [0, 0.1) is 24.2 Å². The maximum absolute atomic E-state index is 14.5. The Kier molecular flexibility index (Phi) is 6.51. The number of hydrogen-bond donors (Lipinski definition) is 0. The van der Waals surface area contributed by atoms with Gasteiger partial charge in [0.15, 0.2) is 0 Å². The van der Waals surface area contributed by atoms with Gasteiger partial charge in [0.05, 0.1) is 24.2 Å². The molecule has 1 aliphatic heterocycles. The molecule has 31 heavy (non-hydrogen) atoms. The van der Waals surface area contributed by atoms with Crippen molar-refractivity contribution in [1.29, 1.82) is 5.26 Å². The highest BCUT2D eigenvalue weighted by Crippen LogP contribution is 2.35. The lowest BCUT2D eigenvalue weighted by Gasteiger charge is -2.38. The second kappa shape index (κ2) is 8.79. The number of amides is 1. The highest BCUT2D eigenvalue weighted by Gasteiger charge is 2.46. The molecule has 1 aliphatic rings. The van der Waals surface area contributed by atoms with Gasteiger partial charge in [0.1, 0.15) is 16.4 Å². The zero-order valence-electron chi connectivity index (χ0n) is 17.9. The Morgan fingerprint density at radius 3 is 2.74 bits per heavy atom. The van der Waals surface area contributed by atoms with Gasteiger partial charge in [-0.05, 0) is 45.9 Å². The predicted molar refractivity (Wildman–Crippen MR) is 113 cm³/mol. The van der Waals surface area contributed by atoms with Gasteiger partial charge >= 0.3 is 6.09 Å². The fourth-order valence-corrected chi connectivity index (χ4v) is 3.95. The molecule has 3 rings (SSSR count). The molecule has 0 radical (unpaired) electrons. The lowest BCUT2D eigenvalue weighted by atomic mass is 9.94. The Labute approximate surface area is 184 Å². The minimum Gasteiger partial charge on any atom is -0.493 e. The minimum atomic E-state index is -2.97. The Morgan fingerprint density at radius 2 is 2.13 bits per heavy atom. The van der Waals surface area contributed by atoms with Crippen molar-refractivity contribution in [3.63, 3.8) is 0 Å². The van der Waals surface area contributed by atoms with Crippen LogP contribution < -0.4 is 4.74 Å². The average molecular weight is 450 g/mol. The topological polar surface area (TPSA) is 75.5 Å². The number of thiazole rings is 1. The summed E-state index contributed by atoms with van der Waals surface area (Å²) in [6, 6.07) is 6.94. The van der Waals surface area contributed by atoms with Gasteiger partial charge in [0.2, 0.25) is 0 Å². The van der Waals surface area contributed by atoms with E-state index in [0.29, 0.717) is 16.9 Å². The molecule has 2 aromatic rings. The molecule has 1 aromatic carbocycles. The van der Waals surface area contributed by atoms with Crippen LogP contribution in [-0.4, -0.2) is 47.2 Å². The molecular formula is C22H25F2N3O3S. The lowest BCUT2D eigenvalue weighted by Crippen LogP contribution is -2.52. The summed E-state index contributed by atoms with van der Waals surface area (Å²) in [4.78, 5) is 18.9. The van der Waals surface area contributed by atoms with Crippen LogP contribution in [-0.2, 0) is 4.74 Å². The van der Waals surface area contributed by atoms with Gasteiger partial charge in [-0.1, -0.05) is 0 Å². The van der Waals surface area contributed by atoms with E-state index in [-0.39, 0.29) is 19.7 Å². The summed E-state index contributed by atoms with van der Waals surface area (Å²) in [5.74, 6) is -3.85. The van der Waals surface area contributed by atoms with E-state index in [1.54, 1.807) is 39.1 Å². The molecule has 9 heteroatoms. The number of aryl methyl sites for hydroxylation is 1. The molecule has 6 nitrogen and oxygen atoms in total. The summed E-state index contributed by atoms with van der Waals surface area (Å²) in [7, 11) is 0. The molecule has 1 saturated heterocycles. The standard InChI is InChI=1S/C22H25F2N3O3S/c1-14-11-26-19(31-14)16-7-15(10-25)8-18(9-16)29-13-17-12-27(6-5-22(17,23)24)20(28)30-21(2,3)4/h7-9,11,17H,5-6,12-13H2,1-4H3. The van der Waals surface area contributed by atoms with Crippen molar-refractivity contribution in [3.8, 4) is 22.4 Å². The van der Waals surface area contributed by atoms with Gasteiger partial charge in [-0.15, -0.1) is 11.3 Å². The van der Waals surface area contributed by atoms with Gasteiger partial charge in [-0.2, -0.15) is 5.26 Å². The molecule has 1 atom stereocenters. The van der Waals surface area contributed by atoms with Crippen LogP contribution >= 0.6 is 11.3 Å². The van der Waals surface area contributed by atoms with E-state index in [0.717, 1.165) is 9.88 Å². The first-order chi connectivity index (χ1) is 14.5. The molecule has 0 bridgehead atoms. The van der Waals surface area contributed by atoms with Crippen molar-refractivity contribution >= 4 is 17.4 Å². The first-order valence-electron chi connectivity index (χ1n) is 9.93. The molecule has 0 aliphatic carbocycles. The van der Waals surface area contributed by atoms with Crippen LogP contribution in [0.4, 0.5) is 13.6 Å². The molecule has 1 fully saturated rings. The molecule has 1 aromatic heterocycles. The molecule has 2 heterocycles. The number of benzene rings is 1. The molecule has 1 amide bonds. The van der Waals surface area contributed by atoms with Gasteiger partial charge in [-0.3, -0.25) is 0 Å². The average Bonchev–Trinajstić information content (AvgIpc) is 3.11. The van der Waals surface area contributed by atoms with E-state index in [9.17, 15) is 18.8 Å². The number of nitriles is 1. The fraction of sp³-hybridized carbons (Fsp3) is 0.500. The minimum absolute atomic E-state index is 0.0735. The summed E-state index contributed by atoms with van der Waals surface area (Å²) >= 11 is 1.47. The largest absolute Gasteiger partial charge is 0.493 e. The van der Waals surface area contributed by atoms with Crippen LogP contribution in [0.5, 0.6) is 5.75 Å². The summed E-state index contributed by atoms with van der Waals surface area (Å²) in [5, 5.41) is 10.0. The van der Waals surface area contributed by atoms with Crippen molar-refractivity contribution in [3.05, 3.63) is 34.8 Å². The maximum atomic E-state index is 14.5. The number of halogens is 2. The van der Waals surface area contributed by atoms with Gasteiger partial charge < -0.3 is 14.4 Å². The number of likely N-dealkylation sites (tertiary alicyclic amines) is 1. The highest BCUT2D eigenvalue weighted by molar-refractivity contribution is 7.14. The summed E-state index contributed by atoms with van der Waals surface area (Å²) < 4.78 is 40.0. The Balaban J connectivity index is 1.74. The van der Waals surface area contributed by atoms with E-state index in [1.807, 2.05) is 6.92 Å². The monoisotopic (exact) mass is 449 g/mol. The molecule has 0 N–H and O–H groups in total. The van der Waals surface area contributed by atoms with Gasteiger partial charge in [0.25, 0.3) is 5.92 Å². The first-order valence-corrected chi connectivity index (χ1v) is 10.7. The van der Waals surface area contributed by atoms with Gasteiger partial charge in [-0.25, -0.2) is 18.6 Å². The van der Waals surface area contributed by atoms with Crippen molar-refractivity contribution in [2.75, 3.05) is 19.7 Å². The third-order valence-electron chi connectivity index (χ3n) is 4.76. The Bertz CT molecular complexity index is 995. The number of aromatic nitrogens is 1.